The standard InChI is InChI=1S/C50H80N4O22/c1-21(55)17-22(29-33(60-13)37-41(64-29)72-47(5,6)68-37)51-26(56)18-23(30-34(61-14)38-42(65-30)73-48(7,8)69-38)52-27(57)19-24(31-35(62-15)39-43(66-31)74-49(9,10)70-39)53-28(58)20-25(54-45(59)76-46(2,3)4)32-36(63-16)40-44(67-32)75-50(11,12)71-40/h22-25,29-44H,17-20H2,1-16H3,(H,51,56)(H,52,57)(H,53,58)(H,54,59)/t22?,23?,24?,25?,29-,30+,31-,32+,33+,34+,35+,36+,37-,38-,39-,40-,41-,42-,43-,44-/m1/s1. The molecular formula is C50H80N4O22. The molecule has 8 aliphatic rings. The van der Waals surface area contributed by atoms with Gasteiger partial charge in [-0.1, -0.05) is 0 Å². The zero-order valence-corrected chi connectivity index (χ0v) is 46.4. The molecule has 4 amide bonds. The molecule has 26 heteroatoms. The number of rotatable bonds is 20. The Balaban J connectivity index is 1.05. The van der Waals surface area contributed by atoms with E-state index < -0.39 is 194 Å². The van der Waals surface area contributed by atoms with Crippen LogP contribution in [0.2, 0.25) is 0 Å². The van der Waals surface area contributed by atoms with Crippen molar-refractivity contribution in [3.8, 4) is 0 Å². The predicted octanol–water partition coefficient (Wildman–Crippen LogP) is 1.05. The fourth-order valence-electron chi connectivity index (χ4n) is 11.5. The van der Waals surface area contributed by atoms with Crippen LogP contribution in [-0.2, 0) is 99.7 Å². The molecule has 0 bridgehead atoms. The molecule has 0 aromatic rings. The number of carbonyl (C=O) groups excluding carboxylic acids is 5. The van der Waals surface area contributed by atoms with E-state index in [1.54, 1.807) is 76.2 Å². The van der Waals surface area contributed by atoms with E-state index in [4.69, 9.17) is 80.5 Å². The number of ketones is 1. The number of hydrogen-bond acceptors (Lipinski definition) is 22. The van der Waals surface area contributed by atoms with Crippen LogP contribution in [0.5, 0.6) is 0 Å². The highest BCUT2D eigenvalue weighted by atomic mass is 16.9. The quantitative estimate of drug-likeness (QED) is 0.133. The zero-order valence-electron chi connectivity index (χ0n) is 46.4. The van der Waals surface area contributed by atoms with E-state index in [2.05, 4.69) is 21.3 Å². The van der Waals surface area contributed by atoms with Crippen LogP contribution in [0.15, 0.2) is 0 Å². The first kappa shape index (κ1) is 58.8. The highest BCUT2D eigenvalue weighted by Crippen LogP contribution is 2.44. The fraction of sp³-hybridized carbons (Fsp3) is 0.900. The van der Waals surface area contributed by atoms with Crippen molar-refractivity contribution in [3.05, 3.63) is 0 Å². The van der Waals surface area contributed by atoms with Crippen molar-refractivity contribution < 1.29 is 104 Å². The lowest BCUT2D eigenvalue weighted by Crippen LogP contribution is -2.57. The van der Waals surface area contributed by atoms with Gasteiger partial charge in [0.1, 0.15) is 84.6 Å². The molecule has 8 saturated heterocycles. The Labute approximate surface area is 443 Å². The Morgan fingerprint density at radius 3 is 0.908 bits per heavy atom. The van der Waals surface area contributed by atoms with E-state index in [9.17, 15) is 24.0 Å². The van der Waals surface area contributed by atoms with Gasteiger partial charge in [-0.3, -0.25) is 19.2 Å². The first-order valence-electron chi connectivity index (χ1n) is 25.9. The van der Waals surface area contributed by atoms with Crippen LogP contribution in [0, 0.1) is 0 Å². The van der Waals surface area contributed by atoms with Gasteiger partial charge in [0.25, 0.3) is 0 Å². The van der Waals surface area contributed by atoms with E-state index >= 15 is 0 Å². The minimum absolute atomic E-state index is 0.137. The maximum atomic E-state index is 14.8. The van der Waals surface area contributed by atoms with Crippen LogP contribution in [0.3, 0.4) is 0 Å². The smallest absolute Gasteiger partial charge is 0.407 e. The third-order valence-electron chi connectivity index (χ3n) is 14.2. The van der Waals surface area contributed by atoms with Crippen molar-refractivity contribution in [2.45, 2.75) is 260 Å². The number of amides is 4. The van der Waals surface area contributed by atoms with E-state index in [0.717, 1.165) is 0 Å². The summed E-state index contributed by atoms with van der Waals surface area (Å²) in [5.74, 6) is -6.21. The van der Waals surface area contributed by atoms with Crippen LogP contribution < -0.4 is 21.3 Å². The second-order valence-corrected chi connectivity index (χ2v) is 23.4. The summed E-state index contributed by atoms with van der Waals surface area (Å²) in [6, 6.07) is -4.36. The molecule has 0 radical (unpaired) electrons. The monoisotopic (exact) mass is 1090 g/mol. The van der Waals surface area contributed by atoms with Crippen molar-refractivity contribution in [1.29, 1.82) is 0 Å². The van der Waals surface area contributed by atoms with Gasteiger partial charge in [0.15, 0.2) is 48.3 Å². The summed E-state index contributed by atoms with van der Waals surface area (Å²) in [4.78, 5) is 70.1. The van der Waals surface area contributed by atoms with Gasteiger partial charge in [-0.2, -0.15) is 0 Å². The SMILES string of the molecule is CO[C@@H]1[C@H]2OC(C)(C)O[C@H]2O[C@@H]1C(CC(C)=O)NC(=O)CC(NC(=O)CC(NC(=O)CC(NC(=O)OC(C)(C)C)[C@@H]1O[C@@H]2OC(C)(C)O[C@@H]2[C@H]1OC)[C@H]1O[C@@H]2OC(C)(C)O[C@@H]2[C@H]1OC)[C@@H]1O[C@@H]2OC(C)(C)O[C@@H]2[C@H]1OC. The summed E-state index contributed by atoms with van der Waals surface area (Å²) in [5.41, 5.74) is -0.902. The number of hydrogen-bond donors (Lipinski definition) is 4. The number of Topliss-reactive ketones (excluding diaryl/α,β-unsaturated/α-hetero) is 1. The second kappa shape index (κ2) is 22.3. The highest BCUT2D eigenvalue weighted by molar-refractivity contribution is 5.83. The topological polar surface area (TPSA) is 290 Å². The molecule has 4 N–H and O–H groups in total. The van der Waals surface area contributed by atoms with E-state index in [0.29, 0.717) is 0 Å². The maximum absolute atomic E-state index is 14.8. The number of ether oxygens (including phenoxy) is 17. The van der Waals surface area contributed by atoms with E-state index in [1.165, 1.54) is 35.4 Å². The summed E-state index contributed by atoms with van der Waals surface area (Å²) in [6.45, 7) is 20.3. The highest BCUT2D eigenvalue weighted by Gasteiger charge is 2.62. The molecule has 0 aliphatic carbocycles. The summed E-state index contributed by atoms with van der Waals surface area (Å²) >= 11 is 0. The Hall–Kier alpha value is -3.29. The summed E-state index contributed by atoms with van der Waals surface area (Å²) in [6.07, 6.45) is -16.0. The summed E-state index contributed by atoms with van der Waals surface area (Å²) in [5, 5.41) is 11.7. The molecule has 8 rings (SSSR count). The van der Waals surface area contributed by atoms with Crippen LogP contribution in [0.1, 0.15) is 109 Å². The molecule has 8 heterocycles. The van der Waals surface area contributed by atoms with Crippen LogP contribution in [-0.4, -0.2) is 209 Å². The van der Waals surface area contributed by atoms with Gasteiger partial charge in [-0.15, -0.1) is 0 Å². The predicted molar refractivity (Wildman–Crippen MR) is 256 cm³/mol. The van der Waals surface area contributed by atoms with Crippen LogP contribution in [0.25, 0.3) is 0 Å². The van der Waals surface area contributed by atoms with Gasteiger partial charge in [0.2, 0.25) is 17.7 Å². The van der Waals surface area contributed by atoms with E-state index in [1.807, 2.05) is 0 Å². The molecule has 76 heavy (non-hydrogen) atoms. The third-order valence-corrected chi connectivity index (χ3v) is 14.2. The zero-order chi connectivity index (χ0) is 55.6. The second-order valence-electron chi connectivity index (χ2n) is 23.4. The van der Waals surface area contributed by atoms with Gasteiger partial charge in [0, 0.05) is 54.1 Å². The number of carbonyl (C=O) groups is 5. The van der Waals surface area contributed by atoms with Gasteiger partial charge in [0.05, 0.1) is 24.2 Å². The van der Waals surface area contributed by atoms with Crippen LogP contribution in [0.4, 0.5) is 4.79 Å². The van der Waals surface area contributed by atoms with Gasteiger partial charge in [-0.25, -0.2) is 4.79 Å². The van der Waals surface area contributed by atoms with Gasteiger partial charge < -0.3 is 102 Å². The fourth-order valence-corrected chi connectivity index (χ4v) is 11.5. The lowest BCUT2D eigenvalue weighted by molar-refractivity contribution is -0.220. The molecule has 432 valence electrons. The first-order valence-corrected chi connectivity index (χ1v) is 25.9. The minimum Gasteiger partial charge on any atom is -0.444 e. The molecule has 26 nitrogen and oxygen atoms in total. The van der Waals surface area contributed by atoms with Crippen molar-refractivity contribution in [2.75, 3.05) is 28.4 Å². The molecular weight excluding hydrogens is 1010 g/mol. The third kappa shape index (κ3) is 13.1. The van der Waals surface area contributed by atoms with Crippen LogP contribution >= 0.6 is 0 Å². The molecule has 8 aliphatic heterocycles. The summed E-state index contributed by atoms with van der Waals surface area (Å²) < 4.78 is 103. The van der Waals surface area contributed by atoms with Gasteiger partial charge >= 0.3 is 6.09 Å². The average Bonchev–Trinajstić information content (AvgIpc) is 4.15. The largest absolute Gasteiger partial charge is 0.444 e. The normalized spacial score (nSPS) is 38.8. The number of methoxy groups -OCH3 is 4. The Morgan fingerprint density at radius 1 is 0.421 bits per heavy atom. The van der Waals surface area contributed by atoms with Crippen molar-refractivity contribution >= 4 is 29.6 Å². The van der Waals surface area contributed by atoms with Crippen molar-refractivity contribution in [1.82, 2.24) is 21.3 Å². The van der Waals surface area contributed by atoms with Crippen molar-refractivity contribution in [2.24, 2.45) is 0 Å². The lowest BCUT2D eigenvalue weighted by atomic mass is 9.96. The molecule has 0 saturated carbocycles. The Kier molecular flexibility index (Phi) is 17.3. The lowest BCUT2D eigenvalue weighted by Gasteiger charge is -2.34. The number of alkyl carbamates (subject to hydrolysis) is 1. The Bertz CT molecular complexity index is 2120. The molecule has 0 aromatic carbocycles. The van der Waals surface area contributed by atoms with E-state index in [-0.39, 0.29) is 12.2 Å². The molecule has 4 unspecified atom stereocenters. The number of nitrogens with one attached hydrogen (secondary N) is 4. The van der Waals surface area contributed by atoms with Crippen molar-refractivity contribution in [3.63, 3.8) is 0 Å². The molecule has 0 spiro atoms. The first-order chi connectivity index (χ1) is 35.4. The Morgan fingerprint density at radius 2 is 0.671 bits per heavy atom. The number of fused-ring (bicyclic) bond motifs is 4. The summed E-state index contributed by atoms with van der Waals surface area (Å²) in [7, 11) is 5.83. The molecule has 0 aromatic heterocycles. The minimum atomic E-state index is -1.18. The average molecular weight is 1090 g/mol. The molecule has 20 atom stereocenters. The maximum Gasteiger partial charge on any atom is 0.407 e. The molecule has 8 fully saturated rings. The van der Waals surface area contributed by atoms with Gasteiger partial charge in [-0.05, 0) is 83.1 Å².